The molecule has 9 nitrogen and oxygen atoms in total. The summed E-state index contributed by atoms with van der Waals surface area (Å²) in [6, 6.07) is 3.41. The molecule has 1 atom stereocenters. The van der Waals surface area contributed by atoms with Crippen molar-refractivity contribution in [2.24, 2.45) is 9.04 Å². The monoisotopic (exact) mass is 370 g/mol. The van der Waals surface area contributed by atoms with Crippen molar-refractivity contribution in [1.82, 2.24) is 0 Å². The Morgan fingerprint density at radius 1 is 1.14 bits per heavy atom. The first-order valence-corrected chi connectivity index (χ1v) is 7.48. The quantitative estimate of drug-likeness (QED) is 0.252. The summed E-state index contributed by atoms with van der Waals surface area (Å²) in [5, 5.41) is 1.64. The second kappa shape index (κ2) is 7.58. The van der Waals surface area contributed by atoms with Crippen molar-refractivity contribution in [3.63, 3.8) is 0 Å². The highest BCUT2D eigenvalue weighted by molar-refractivity contribution is 7.88. The van der Waals surface area contributed by atoms with Crippen LogP contribution in [0.15, 0.2) is 21.2 Å². The van der Waals surface area contributed by atoms with E-state index in [1.807, 2.05) is 9.82 Å². The van der Waals surface area contributed by atoms with E-state index in [9.17, 15) is 8.42 Å². The molecule has 1 aliphatic heterocycles. The van der Waals surface area contributed by atoms with Gasteiger partial charge in [-0.2, -0.15) is 0 Å². The van der Waals surface area contributed by atoms with Gasteiger partial charge < -0.3 is 4.74 Å². The SMILES string of the molecule is Clc1ccc(Cl)c(C2CO2)c1Cl.[N-]=[N+]=NS(=O)(=O)N=[N+]=[N-]. The number of hydrogen-bond acceptors (Lipinski definition) is 3. The summed E-state index contributed by atoms with van der Waals surface area (Å²) < 4.78 is 29.4. The summed E-state index contributed by atoms with van der Waals surface area (Å²) >= 11 is 17.7. The number of nitrogens with zero attached hydrogens (tertiary/aromatic N) is 6. The van der Waals surface area contributed by atoms with Crippen molar-refractivity contribution in [3.8, 4) is 0 Å². The summed E-state index contributed by atoms with van der Waals surface area (Å²) in [4.78, 5) is 3.80. The first-order chi connectivity index (χ1) is 9.82. The van der Waals surface area contributed by atoms with E-state index in [0.717, 1.165) is 5.56 Å². The molecule has 1 saturated heterocycles. The molecular weight excluding hydrogens is 367 g/mol. The third kappa shape index (κ3) is 5.49. The van der Waals surface area contributed by atoms with Gasteiger partial charge in [0.25, 0.3) is 0 Å². The number of azide groups is 1. The minimum atomic E-state index is -4.27. The highest BCUT2D eigenvalue weighted by Crippen LogP contribution is 2.42. The third-order valence-corrected chi connectivity index (χ3v) is 3.72. The zero-order valence-electron chi connectivity index (χ0n) is 9.89. The van der Waals surface area contributed by atoms with E-state index in [-0.39, 0.29) is 6.10 Å². The average molecular weight is 372 g/mol. The van der Waals surface area contributed by atoms with Crippen LogP contribution in [0.4, 0.5) is 0 Å². The number of ether oxygens (including phenoxy) is 1. The van der Waals surface area contributed by atoms with E-state index in [4.69, 9.17) is 50.6 Å². The van der Waals surface area contributed by atoms with Crippen LogP contribution in [0.1, 0.15) is 11.7 Å². The van der Waals surface area contributed by atoms with Crippen molar-refractivity contribution in [2.75, 3.05) is 6.61 Å². The molecule has 0 bridgehead atoms. The maximum absolute atomic E-state index is 9.99. The summed E-state index contributed by atoms with van der Waals surface area (Å²) in [7, 11) is -4.27. The van der Waals surface area contributed by atoms with Gasteiger partial charge in [-0.15, -0.1) is 0 Å². The molecule has 13 heteroatoms. The second-order valence-electron chi connectivity index (χ2n) is 3.37. The molecule has 1 unspecified atom stereocenters. The number of benzene rings is 1. The van der Waals surface area contributed by atoms with Crippen LogP contribution in [0.25, 0.3) is 20.9 Å². The minimum absolute atomic E-state index is 0.0451. The molecule has 0 amide bonds. The molecule has 0 radical (unpaired) electrons. The molecule has 0 aromatic heterocycles. The van der Waals surface area contributed by atoms with E-state index in [1.54, 1.807) is 12.1 Å². The molecule has 21 heavy (non-hydrogen) atoms. The molecule has 0 spiro atoms. The maximum atomic E-state index is 9.99. The molecule has 0 aliphatic carbocycles. The molecule has 0 saturated carbocycles. The summed E-state index contributed by atoms with van der Waals surface area (Å²) in [5.41, 5.74) is 15.9. The standard InChI is InChI=1S/C8H5Cl3O.N6O2S/c9-4-1-2-5(10)8(11)7(4)6-3-12-6;1-3-5-9(7,8)6-4-2/h1-2,6H,3H2;. The van der Waals surface area contributed by atoms with Gasteiger partial charge in [-0.05, 0) is 23.2 Å². The fourth-order valence-electron chi connectivity index (χ4n) is 1.16. The summed E-state index contributed by atoms with van der Waals surface area (Å²) in [5.74, 6) is 0. The first kappa shape index (κ1) is 17.7. The molecule has 1 heterocycles. The fourth-order valence-corrected chi connectivity index (χ4v) is 2.16. The lowest BCUT2D eigenvalue weighted by atomic mass is 10.2. The highest BCUT2D eigenvalue weighted by atomic mass is 35.5. The van der Waals surface area contributed by atoms with Crippen LogP contribution >= 0.6 is 34.8 Å². The van der Waals surface area contributed by atoms with Crippen LogP contribution in [-0.4, -0.2) is 15.0 Å². The van der Waals surface area contributed by atoms with Crippen molar-refractivity contribution in [1.29, 1.82) is 0 Å². The van der Waals surface area contributed by atoms with E-state index >= 15 is 0 Å². The molecule has 1 fully saturated rings. The maximum Gasteiger partial charge on any atom is 0.321 e. The van der Waals surface area contributed by atoms with Gasteiger partial charge in [-0.25, -0.2) is 8.42 Å². The molecule has 112 valence electrons. The molecule has 0 N–H and O–H groups in total. The molecule has 1 aliphatic rings. The van der Waals surface area contributed by atoms with E-state index < -0.39 is 10.2 Å². The Morgan fingerprint density at radius 2 is 1.62 bits per heavy atom. The lowest BCUT2D eigenvalue weighted by molar-refractivity contribution is 0.416. The van der Waals surface area contributed by atoms with Crippen molar-refractivity contribution >= 4 is 45.0 Å². The van der Waals surface area contributed by atoms with Gasteiger partial charge in [-0.1, -0.05) is 34.8 Å². The van der Waals surface area contributed by atoms with Crippen LogP contribution in [0.3, 0.4) is 0 Å². The van der Waals surface area contributed by atoms with Gasteiger partial charge in [0.15, 0.2) is 0 Å². The van der Waals surface area contributed by atoms with Gasteiger partial charge >= 0.3 is 10.2 Å². The second-order valence-corrected chi connectivity index (χ2v) is 5.78. The topological polar surface area (TPSA) is 144 Å². The van der Waals surface area contributed by atoms with Gasteiger partial charge in [-0.3, -0.25) is 0 Å². The fraction of sp³-hybridized carbons (Fsp3) is 0.250. The number of epoxide rings is 1. The van der Waals surface area contributed by atoms with Crippen LogP contribution < -0.4 is 0 Å². The van der Waals surface area contributed by atoms with Gasteiger partial charge in [0.05, 0.1) is 16.7 Å². The van der Waals surface area contributed by atoms with E-state index in [2.05, 4.69) is 9.04 Å². The number of rotatable bonds is 3. The zero-order chi connectivity index (χ0) is 16.0. The predicted octanol–water partition coefficient (Wildman–Crippen LogP) is 4.57. The third-order valence-electron chi connectivity index (χ3n) is 2.01. The Kier molecular flexibility index (Phi) is 6.38. The lowest BCUT2D eigenvalue weighted by Crippen LogP contribution is -1.85. The molecule has 2 rings (SSSR count). The van der Waals surface area contributed by atoms with Gasteiger partial charge in [0.2, 0.25) is 0 Å². The summed E-state index contributed by atoms with van der Waals surface area (Å²) in [6.07, 6.45) is 0.0451. The molecular formula is C8H5Cl3N6O3S. The van der Waals surface area contributed by atoms with Gasteiger partial charge in [0, 0.05) is 29.4 Å². The average Bonchev–Trinajstić information content (AvgIpc) is 3.19. The zero-order valence-corrected chi connectivity index (χ0v) is 13.0. The van der Waals surface area contributed by atoms with Crippen LogP contribution in [-0.2, 0) is 14.9 Å². The van der Waals surface area contributed by atoms with E-state index in [0.29, 0.717) is 21.7 Å². The number of halogens is 3. The Hall–Kier alpha value is -1.38. The van der Waals surface area contributed by atoms with Crippen molar-refractivity contribution in [2.45, 2.75) is 6.10 Å². The largest absolute Gasteiger partial charge is 0.368 e. The Labute approximate surface area is 133 Å². The first-order valence-electron chi connectivity index (χ1n) is 4.95. The van der Waals surface area contributed by atoms with Gasteiger partial charge in [0.1, 0.15) is 6.10 Å². The smallest absolute Gasteiger partial charge is 0.321 e. The number of hydrogen-bond donors (Lipinski definition) is 0. The summed E-state index contributed by atoms with van der Waals surface area (Å²) in [6.45, 7) is 0.680. The van der Waals surface area contributed by atoms with Crippen LogP contribution in [0.5, 0.6) is 0 Å². The Morgan fingerprint density at radius 3 is 2.05 bits per heavy atom. The predicted molar refractivity (Wildman–Crippen MR) is 77.4 cm³/mol. The highest BCUT2D eigenvalue weighted by Gasteiger charge is 2.30. The van der Waals surface area contributed by atoms with E-state index in [1.165, 1.54) is 0 Å². The Balaban J connectivity index is 0.000000222. The normalized spacial score (nSPS) is 15.9. The van der Waals surface area contributed by atoms with Crippen LogP contribution in [0.2, 0.25) is 15.1 Å². The Bertz CT molecular complexity index is 714. The van der Waals surface area contributed by atoms with Crippen molar-refractivity contribution < 1.29 is 13.2 Å². The lowest BCUT2D eigenvalue weighted by Gasteiger charge is -2.04. The molecule has 1 aromatic rings. The molecule has 1 aromatic carbocycles. The minimum Gasteiger partial charge on any atom is -0.368 e. The van der Waals surface area contributed by atoms with Crippen LogP contribution in [0, 0.1) is 0 Å². The van der Waals surface area contributed by atoms with Crippen molar-refractivity contribution in [3.05, 3.63) is 53.6 Å².